The van der Waals surface area contributed by atoms with Crippen LogP contribution in [-0.2, 0) is 14.6 Å². The summed E-state index contributed by atoms with van der Waals surface area (Å²) < 4.78 is 48.5. The third-order valence-electron chi connectivity index (χ3n) is 5.46. The Bertz CT molecular complexity index is 1020. The Kier molecular flexibility index (Phi) is 8.12. The zero-order valence-corrected chi connectivity index (χ0v) is 19.4. The Morgan fingerprint density at radius 1 is 1.06 bits per heavy atom. The van der Waals surface area contributed by atoms with Crippen LogP contribution in [0.5, 0.6) is 5.75 Å². The van der Waals surface area contributed by atoms with Crippen LogP contribution in [0.1, 0.15) is 32.6 Å². The Morgan fingerprint density at radius 2 is 1.75 bits per heavy atom. The number of sulfone groups is 1. The SMILES string of the molecule is CCCCCCOC(=O)N1CC(COc2ccc(-c3ccc(S(C)(=O)=O)cc3)cc2F)C1. The maximum atomic E-state index is 14.5. The summed E-state index contributed by atoms with van der Waals surface area (Å²) in [5, 5.41) is 0. The smallest absolute Gasteiger partial charge is 0.409 e. The van der Waals surface area contributed by atoms with Gasteiger partial charge in [-0.3, -0.25) is 0 Å². The van der Waals surface area contributed by atoms with Crippen molar-refractivity contribution in [3.8, 4) is 16.9 Å². The third-order valence-corrected chi connectivity index (χ3v) is 6.59. The molecule has 1 saturated heterocycles. The van der Waals surface area contributed by atoms with Crippen LogP contribution in [0.15, 0.2) is 47.4 Å². The van der Waals surface area contributed by atoms with E-state index in [0.717, 1.165) is 31.9 Å². The molecule has 0 atom stereocenters. The number of nitrogens with zero attached hydrogens (tertiary/aromatic N) is 1. The zero-order valence-electron chi connectivity index (χ0n) is 18.6. The van der Waals surface area contributed by atoms with Crippen LogP contribution in [-0.4, -0.2) is 52.0 Å². The van der Waals surface area contributed by atoms with Crippen molar-refractivity contribution in [3.63, 3.8) is 0 Å². The highest BCUT2D eigenvalue weighted by Crippen LogP contribution is 2.27. The lowest BCUT2D eigenvalue weighted by molar-refractivity contribution is 0.0365. The molecule has 0 spiro atoms. The summed E-state index contributed by atoms with van der Waals surface area (Å²) in [6.45, 7) is 3.99. The van der Waals surface area contributed by atoms with Crippen molar-refractivity contribution in [1.82, 2.24) is 4.90 Å². The molecule has 8 heteroatoms. The first-order valence-corrected chi connectivity index (χ1v) is 12.8. The van der Waals surface area contributed by atoms with Crippen LogP contribution in [0, 0.1) is 11.7 Å². The van der Waals surface area contributed by atoms with Crippen molar-refractivity contribution in [3.05, 3.63) is 48.3 Å². The fourth-order valence-electron chi connectivity index (χ4n) is 3.50. The number of hydrogen-bond acceptors (Lipinski definition) is 5. The summed E-state index contributed by atoms with van der Waals surface area (Å²) in [4.78, 5) is 13.8. The molecule has 32 heavy (non-hydrogen) atoms. The Balaban J connectivity index is 1.45. The molecule has 1 fully saturated rings. The van der Waals surface area contributed by atoms with Gasteiger partial charge in [0, 0.05) is 25.3 Å². The van der Waals surface area contributed by atoms with E-state index in [1.165, 1.54) is 18.2 Å². The molecule has 0 aliphatic carbocycles. The highest BCUT2D eigenvalue weighted by molar-refractivity contribution is 7.90. The van der Waals surface area contributed by atoms with E-state index in [0.29, 0.717) is 37.4 Å². The van der Waals surface area contributed by atoms with Crippen LogP contribution < -0.4 is 4.74 Å². The van der Waals surface area contributed by atoms with E-state index in [-0.39, 0.29) is 22.7 Å². The van der Waals surface area contributed by atoms with Gasteiger partial charge in [0.2, 0.25) is 0 Å². The van der Waals surface area contributed by atoms with E-state index in [4.69, 9.17) is 9.47 Å². The minimum Gasteiger partial charge on any atom is -0.490 e. The van der Waals surface area contributed by atoms with Crippen molar-refractivity contribution >= 4 is 15.9 Å². The van der Waals surface area contributed by atoms with Gasteiger partial charge in [0.15, 0.2) is 21.4 Å². The fourth-order valence-corrected chi connectivity index (χ4v) is 4.13. The van der Waals surface area contributed by atoms with E-state index < -0.39 is 15.7 Å². The van der Waals surface area contributed by atoms with Crippen molar-refractivity contribution in [2.75, 3.05) is 32.6 Å². The maximum Gasteiger partial charge on any atom is 0.409 e. The van der Waals surface area contributed by atoms with E-state index in [9.17, 15) is 17.6 Å². The van der Waals surface area contributed by atoms with Crippen LogP contribution in [0.25, 0.3) is 11.1 Å². The number of likely N-dealkylation sites (tertiary alicyclic amines) is 1. The fraction of sp³-hybridized carbons (Fsp3) is 0.458. The average Bonchev–Trinajstić information content (AvgIpc) is 2.73. The Morgan fingerprint density at radius 3 is 2.38 bits per heavy atom. The lowest BCUT2D eigenvalue weighted by atomic mass is 10.0. The number of unbranched alkanes of at least 4 members (excludes halogenated alkanes) is 3. The van der Waals surface area contributed by atoms with Gasteiger partial charge in [-0.15, -0.1) is 0 Å². The number of halogens is 1. The molecule has 0 saturated carbocycles. The number of rotatable bonds is 10. The molecule has 3 rings (SSSR count). The predicted molar refractivity (Wildman–Crippen MR) is 121 cm³/mol. The number of amides is 1. The molecule has 6 nitrogen and oxygen atoms in total. The molecule has 0 bridgehead atoms. The molecule has 1 aliphatic heterocycles. The predicted octanol–water partition coefficient (Wildman–Crippen LogP) is 4.92. The molecular formula is C24H30FNO5S. The summed E-state index contributed by atoms with van der Waals surface area (Å²) in [5.41, 5.74) is 1.34. The van der Waals surface area contributed by atoms with E-state index >= 15 is 0 Å². The average molecular weight is 464 g/mol. The standard InChI is InChI=1S/C24H30FNO5S/c1-3-4-5-6-13-30-24(27)26-15-18(16-26)17-31-23-12-9-20(14-22(23)25)19-7-10-21(11-8-19)32(2,28)29/h7-12,14,18H,3-6,13,15-17H2,1-2H3. The molecule has 1 amide bonds. The largest absolute Gasteiger partial charge is 0.490 e. The Hall–Kier alpha value is -2.61. The summed E-state index contributed by atoms with van der Waals surface area (Å²) in [6, 6.07) is 11.0. The lowest BCUT2D eigenvalue weighted by Gasteiger charge is -2.38. The second-order valence-corrected chi connectivity index (χ2v) is 10.2. The van der Waals surface area contributed by atoms with E-state index in [1.807, 2.05) is 0 Å². The lowest BCUT2D eigenvalue weighted by Crippen LogP contribution is -2.52. The summed E-state index contributed by atoms with van der Waals surface area (Å²) in [7, 11) is -3.27. The molecule has 2 aromatic carbocycles. The number of carbonyl (C=O) groups is 1. The van der Waals surface area contributed by atoms with Crippen molar-refractivity contribution in [2.45, 2.75) is 37.5 Å². The molecular weight excluding hydrogens is 433 g/mol. The van der Waals surface area contributed by atoms with Crippen molar-refractivity contribution < 1.29 is 27.1 Å². The minimum atomic E-state index is -3.27. The monoisotopic (exact) mass is 463 g/mol. The third kappa shape index (κ3) is 6.45. The van der Waals surface area contributed by atoms with Crippen LogP contribution in [0.2, 0.25) is 0 Å². The van der Waals surface area contributed by atoms with Gasteiger partial charge in [0.05, 0.1) is 18.1 Å². The molecule has 0 radical (unpaired) electrons. The number of carbonyl (C=O) groups excluding carboxylic acids is 1. The van der Waals surface area contributed by atoms with Gasteiger partial charge in [0.25, 0.3) is 0 Å². The van der Waals surface area contributed by atoms with Gasteiger partial charge < -0.3 is 14.4 Å². The first kappa shape index (κ1) is 24.0. The van der Waals surface area contributed by atoms with Crippen LogP contribution >= 0.6 is 0 Å². The number of hydrogen-bond donors (Lipinski definition) is 0. The first-order valence-electron chi connectivity index (χ1n) is 10.9. The number of benzene rings is 2. The van der Waals surface area contributed by atoms with E-state index in [2.05, 4.69) is 6.92 Å². The highest BCUT2D eigenvalue weighted by Gasteiger charge is 2.32. The van der Waals surface area contributed by atoms with Gasteiger partial charge >= 0.3 is 6.09 Å². The van der Waals surface area contributed by atoms with Crippen molar-refractivity contribution in [1.29, 1.82) is 0 Å². The van der Waals surface area contributed by atoms with Gasteiger partial charge in [-0.1, -0.05) is 44.4 Å². The zero-order chi connectivity index (χ0) is 23.1. The summed E-state index contributed by atoms with van der Waals surface area (Å²) in [6.07, 6.45) is 5.09. The first-order chi connectivity index (χ1) is 15.3. The molecule has 2 aromatic rings. The second-order valence-electron chi connectivity index (χ2n) is 8.20. The van der Waals surface area contributed by atoms with Crippen LogP contribution in [0.3, 0.4) is 0 Å². The van der Waals surface area contributed by atoms with Gasteiger partial charge in [-0.25, -0.2) is 17.6 Å². The molecule has 1 heterocycles. The quantitative estimate of drug-likeness (QED) is 0.468. The topological polar surface area (TPSA) is 72.9 Å². The van der Waals surface area contributed by atoms with Crippen molar-refractivity contribution in [2.24, 2.45) is 5.92 Å². The van der Waals surface area contributed by atoms with Gasteiger partial charge in [-0.05, 0) is 41.8 Å². The summed E-state index contributed by atoms with van der Waals surface area (Å²) >= 11 is 0. The summed E-state index contributed by atoms with van der Waals surface area (Å²) in [5.74, 6) is -0.193. The molecule has 1 aliphatic rings. The maximum absolute atomic E-state index is 14.5. The normalized spacial score (nSPS) is 14.2. The van der Waals surface area contributed by atoms with Gasteiger partial charge in [-0.2, -0.15) is 0 Å². The molecule has 0 unspecified atom stereocenters. The minimum absolute atomic E-state index is 0.144. The second kappa shape index (κ2) is 10.8. The molecule has 0 N–H and O–H groups in total. The molecule has 0 aromatic heterocycles. The molecule has 174 valence electrons. The van der Waals surface area contributed by atoms with Gasteiger partial charge in [0.1, 0.15) is 0 Å². The van der Waals surface area contributed by atoms with E-state index in [1.54, 1.807) is 29.2 Å². The Labute approximate surface area is 189 Å². The number of ether oxygens (including phenoxy) is 2. The highest BCUT2D eigenvalue weighted by atomic mass is 32.2. The van der Waals surface area contributed by atoms with Crippen LogP contribution in [0.4, 0.5) is 9.18 Å².